The van der Waals surface area contributed by atoms with Gasteiger partial charge < -0.3 is 14.8 Å². The molecule has 0 atom stereocenters. The average molecular weight is 499 g/mol. The number of hydrogen-bond acceptors (Lipinski definition) is 6. The minimum absolute atomic E-state index is 0.00781. The molecule has 1 amide bonds. The third kappa shape index (κ3) is 3.76. The van der Waals surface area contributed by atoms with Gasteiger partial charge in [0, 0.05) is 23.7 Å². The highest BCUT2D eigenvalue weighted by Crippen LogP contribution is 2.38. The van der Waals surface area contributed by atoms with Crippen LogP contribution in [0.15, 0.2) is 59.5 Å². The number of fused-ring (bicyclic) bond motifs is 2. The van der Waals surface area contributed by atoms with Crippen LogP contribution in [-0.4, -0.2) is 33.4 Å². The minimum atomic E-state index is -4.01. The van der Waals surface area contributed by atoms with Crippen LogP contribution < -0.4 is 19.1 Å². The van der Waals surface area contributed by atoms with E-state index in [2.05, 4.69) is 5.32 Å². The number of nitrogens with one attached hydrogen (secondary N) is 1. The number of nitrogens with zero attached hydrogens (tertiary/aromatic N) is 1. The number of rotatable bonds is 5. The molecule has 5 rings (SSSR count). The second kappa shape index (κ2) is 8.34. The Bertz CT molecular complexity index is 1450. The Morgan fingerprint density at radius 2 is 1.76 bits per heavy atom. The molecule has 174 valence electrons. The number of ether oxygens (including phenoxy) is 2. The molecule has 3 aromatic carbocycles. The summed E-state index contributed by atoms with van der Waals surface area (Å²) in [6.07, 6.45) is 0.588. The highest BCUT2D eigenvalue weighted by Gasteiger charge is 2.32. The summed E-state index contributed by atoms with van der Waals surface area (Å²) in [7, 11) is -4.01. The summed E-state index contributed by atoms with van der Waals surface area (Å²) < 4.78 is 38.9. The van der Waals surface area contributed by atoms with E-state index in [1.165, 1.54) is 41.6 Å². The first-order chi connectivity index (χ1) is 16.3. The molecule has 3 aromatic rings. The molecule has 34 heavy (non-hydrogen) atoms. The van der Waals surface area contributed by atoms with Gasteiger partial charge >= 0.3 is 0 Å². The van der Waals surface area contributed by atoms with Crippen molar-refractivity contribution in [2.45, 2.75) is 18.2 Å². The topological polar surface area (TPSA) is 102 Å². The number of hydrogen-bond donors (Lipinski definition) is 1. The number of carbonyl (C=O) groups excluding carboxylic acids is 2. The summed E-state index contributed by atoms with van der Waals surface area (Å²) >= 11 is 6.27. The summed E-state index contributed by atoms with van der Waals surface area (Å²) in [5.74, 6) is -0.0710. The van der Waals surface area contributed by atoms with Gasteiger partial charge in [-0.1, -0.05) is 29.8 Å². The predicted molar refractivity (Wildman–Crippen MR) is 127 cm³/mol. The lowest BCUT2D eigenvalue weighted by Crippen LogP contribution is -2.29. The van der Waals surface area contributed by atoms with Crippen molar-refractivity contribution in [1.29, 1.82) is 0 Å². The van der Waals surface area contributed by atoms with Crippen LogP contribution in [0.5, 0.6) is 11.5 Å². The Hall–Kier alpha value is -3.56. The summed E-state index contributed by atoms with van der Waals surface area (Å²) in [5, 5.41) is 2.68. The fourth-order valence-corrected chi connectivity index (χ4v) is 6.06. The predicted octanol–water partition coefficient (Wildman–Crippen LogP) is 4.28. The first kappa shape index (κ1) is 22.2. The van der Waals surface area contributed by atoms with Gasteiger partial charge in [0.05, 0.1) is 16.4 Å². The quantitative estimate of drug-likeness (QED) is 0.527. The highest BCUT2D eigenvalue weighted by molar-refractivity contribution is 7.93. The fraction of sp³-hybridized carbons (Fsp3) is 0.167. The van der Waals surface area contributed by atoms with E-state index in [0.29, 0.717) is 23.6 Å². The molecule has 2 aliphatic rings. The van der Waals surface area contributed by atoms with Gasteiger partial charge in [0.15, 0.2) is 17.3 Å². The van der Waals surface area contributed by atoms with Gasteiger partial charge in [-0.2, -0.15) is 0 Å². The maximum Gasteiger partial charge on any atom is 0.265 e. The van der Waals surface area contributed by atoms with Crippen molar-refractivity contribution in [3.05, 3.63) is 76.3 Å². The molecule has 0 radical (unpaired) electrons. The molecular weight excluding hydrogens is 480 g/mol. The Balaban J connectivity index is 1.48. The van der Waals surface area contributed by atoms with E-state index in [4.69, 9.17) is 21.1 Å². The molecule has 2 heterocycles. The number of carbonyl (C=O) groups is 2. The number of ketones is 1. The van der Waals surface area contributed by atoms with E-state index in [9.17, 15) is 18.0 Å². The Kier molecular flexibility index (Phi) is 5.45. The van der Waals surface area contributed by atoms with Crippen LogP contribution in [0, 0.1) is 0 Å². The third-order valence-corrected chi connectivity index (χ3v) is 8.04. The number of benzene rings is 3. The molecular formula is C24H19ClN2O6S. The molecule has 0 saturated carbocycles. The molecule has 0 aromatic heterocycles. The van der Waals surface area contributed by atoms with Crippen LogP contribution in [0.25, 0.3) is 0 Å². The molecule has 0 saturated heterocycles. The maximum atomic E-state index is 13.5. The molecule has 8 nitrogen and oxygen atoms in total. The van der Waals surface area contributed by atoms with Crippen molar-refractivity contribution >= 4 is 44.7 Å². The van der Waals surface area contributed by atoms with Crippen LogP contribution in [0.3, 0.4) is 0 Å². The molecule has 10 heteroatoms. The third-order valence-electron chi connectivity index (χ3n) is 5.75. The van der Waals surface area contributed by atoms with Crippen molar-refractivity contribution in [3.63, 3.8) is 0 Å². The Labute approximate surface area is 201 Å². The molecule has 0 aliphatic carbocycles. The fourth-order valence-electron chi connectivity index (χ4n) is 4.05. The van der Waals surface area contributed by atoms with Crippen molar-refractivity contribution in [2.75, 3.05) is 23.0 Å². The van der Waals surface area contributed by atoms with E-state index in [0.717, 1.165) is 5.56 Å². The summed E-state index contributed by atoms with van der Waals surface area (Å²) in [5.41, 5.74) is 2.07. The average Bonchev–Trinajstić information content (AvgIpc) is 3.45. The lowest BCUT2D eigenvalue weighted by molar-refractivity contribution is 0.101. The van der Waals surface area contributed by atoms with Crippen LogP contribution in [-0.2, 0) is 16.4 Å². The summed E-state index contributed by atoms with van der Waals surface area (Å²) in [4.78, 5) is 25.0. The summed E-state index contributed by atoms with van der Waals surface area (Å²) in [6, 6.07) is 14.3. The van der Waals surface area contributed by atoms with Crippen molar-refractivity contribution in [3.8, 4) is 11.5 Å². The largest absolute Gasteiger partial charge is 0.454 e. The molecule has 0 bridgehead atoms. The van der Waals surface area contributed by atoms with Crippen LogP contribution >= 0.6 is 11.6 Å². The van der Waals surface area contributed by atoms with E-state index < -0.39 is 15.9 Å². The molecule has 0 fully saturated rings. The van der Waals surface area contributed by atoms with Gasteiger partial charge in [-0.25, -0.2) is 8.42 Å². The SMILES string of the molecule is CC(=O)c1cc2c(cc1NC(=O)c1ccc(Cl)c(S(=O)(=O)N3CCc4ccccc43)c1)OCO2. The van der Waals surface area contributed by atoms with E-state index in [1.807, 2.05) is 12.1 Å². The zero-order valence-corrected chi connectivity index (χ0v) is 19.6. The second-order valence-electron chi connectivity index (χ2n) is 7.86. The van der Waals surface area contributed by atoms with E-state index in [-0.39, 0.29) is 45.9 Å². The Morgan fingerprint density at radius 1 is 1.03 bits per heavy atom. The van der Waals surface area contributed by atoms with Crippen molar-refractivity contribution in [1.82, 2.24) is 0 Å². The monoisotopic (exact) mass is 498 g/mol. The first-order valence-corrected chi connectivity index (χ1v) is 12.2. The van der Waals surface area contributed by atoms with Crippen LogP contribution in [0.2, 0.25) is 5.02 Å². The molecule has 1 N–H and O–H groups in total. The van der Waals surface area contributed by atoms with Crippen LogP contribution in [0.1, 0.15) is 33.2 Å². The number of para-hydroxylation sites is 1. The number of halogens is 1. The summed E-state index contributed by atoms with van der Waals surface area (Å²) in [6.45, 7) is 1.67. The minimum Gasteiger partial charge on any atom is -0.454 e. The molecule has 0 unspecified atom stereocenters. The normalized spacial score (nSPS) is 14.1. The van der Waals surface area contributed by atoms with Crippen molar-refractivity contribution in [2.24, 2.45) is 0 Å². The molecule has 0 spiro atoms. The number of anilines is 2. The lowest BCUT2D eigenvalue weighted by atomic mass is 10.1. The van der Waals surface area contributed by atoms with Gasteiger partial charge in [0.1, 0.15) is 4.90 Å². The van der Waals surface area contributed by atoms with Gasteiger partial charge in [-0.05, 0) is 49.2 Å². The smallest absolute Gasteiger partial charge is 0.265 e. The van der Waals surface area contributed by atoms with E-state index in [1.54, 1.807) is 12.1 Å². The lowest BCUT2D eigenvalue weighted by Gasteiger charge is -2.20. The number of amides is 1. The highest BCUT2D eigenvalue weighted by atomic mass is 35.5. The van der Waals surface area contributed by atoms with Gasteiger partial charge in [-0.15, -0.1) is 0 Å². The van der Waals surface area contributed by atoms with Crippen molar-refractivity contribution < 1.29 is 27.5 Å². The number of sulfonamides is 1. The Morgan fingerprint density at radius 3 is 2.53 bits per heavy atom. The number of Topliss-reactive ketones (excluding diaryl/α,β-unsaturated/α-hetero) is 1. The second-order valence-corrected chi connectivity index (χ2v) is 10.1. The van der Waals surface area contributed by atoms with E-state index >= 15 is 0 Å². The maximum absolute atomic E-state index is 13.5. The zero-order chi connectivity index (χ0) is 24.0. The van der Waals surface area contributed by atoms with Gasteiger partial charge in [0.2, 0.25) is 6.79 Å². The first-order valence-electron chi connectivity index (χ1n) is 10.4. The standard InChI is InChI=1S/C24H19ClN2O6S/c1-14(28)17-11-21-22(33-13-32-21)12-19(17)26-24(29)16-6-7-18(25)23(10-16)34(30,31)27-9-8-15-4-2-3-5-20(15)27/h2-7,10-12H,8-9,13H2,1H3,(H,26,29). The van der Waals surface area contributed by atoms with Crippen LogP contribution in [0.4, 0.5) is 11.4 Å². The zero-order valence-electron chi connectivity index (χ0n) is 18.0. The van der Waals surface area contributed by atoms with Gasteiger partial charge in [-0.3, -0.25) is 13.9 Å². The van der Waals surface area contributed by atoms with Gasteiger partial charge in [0.25, 0.3) is 15.9 Å². The molecule has 2 aliphatic heterocycles.